The number of aromatic nitrogens is 4. The van der Waals surface area contributed by atoms with Crippen LogP contribution in [0.3, 0.4) is 0 Å². The summed E-state index contributed by atoms with van der Waals surface area (Å²) in [5.41, 5.74) is 0.937. The van der Waals surface area contributed by atoms with E-state index in [4.69, 9.17) is 4.74 Å². The third-order valence-corrected chi connectivity index (χ3v) is 2.42. The van der Waals surface area contributed by atoms with Crippen molar-refractivity contribution in [3.63, 3.8) is 0 Å². The fourth-order valence-corrected chi connectivity index (χ4v) is 1.66. The quantitative estimate of drug-likeness (QED) is 0.873. The maximum Gasteiger partial charge on any atom is 0.329 e. The van der Waals surface area contributed by atoms with Crippen molar-refractivity contribution in [1.82, 2.24) is 15.5 Å². The summed E-state index contributed by atoms with van der Waals surface area (Å²) in [6.45, 7) is 0. The fraction of sp³-hybridized carbons (Fsp3) is 0.125. The van der Waals surface area contributed by atoms with Gasteiger partial charge in [-0.1, -0.05) is 5.21 Å². The minimum atomic E-state index is 0.688. The van der Waals surface area contributed by atoms with E-state index in [0.29, 0.717) is 5.82 Å². The molecule has 0 fully saturated rings. The number of nitrogens with zero attached hydrogens (tertiary/aromatic N) is 2. The first-order chi connectivity index (χ1) is 6.81. The third-order valence-electron chi connectivity index (χ3n) is 1.80. The monoisotopic (exact) mass is 255 g/mol. The van der Waals surface area contributed by atoms with E-state index in [9.17, 15) is 0 Å². The van der Waals surface area contributed by atoms with Crippen LogP contribution >= 0.6 is 15.9 Å². The molecule has 0 radical (unpaired) electrons. The molecule has 0 atom stereocenters. The molecule has 2 N–H and O–H groups in total. The minimum absolute atomic E-state index is 0.688. The lowest BCUT2D eigenvalue weighted by molar-refractivity contribution is -0.444. The first-order valence-electron chi connectivity index (χ1n) is 3.94. The predicted octanol–water partition coefficient (Wildman–Crippen LogP) is 1.06. The summed E-state index contributed by atoms with van der Waals surface area (Å²) in [6, 6.07) is 5.67. The van der Waals surface area contributed by atoms with Crippen LogP contribution < -0.4 is 9.84 Å². The molecule has 14 heavy (non-hydrogen) atoms. The van der Waals surface area contributed by atoms with Gasteiger partial charge in [-0.15, -0.1) is 0 Å². The zero-order valence-corrected chi connectivity index (χ0v) is 9.00. The summed E-state index contributed by atoms with van der Waals surface area (Å²) < 4.78 is 6.00. The fourth-order valence-electron chi connectivity index (χ4n) is 1.12. The molecule has 1 heterocycles. The molecule has 72 valence electrons. The van der Waals surface area contributed by atoms with E-state index in [1.807, 2.05) is 18.2 Å². The third kappa shape index (κ3) is 1.60. The Morgan fingerprint density at radius 2 is 2.36 bits per heavy atom. The first-order valence-corrected chi connectivity index (χ1v) is 4.73. The number of aromatic amines is 2. The Bertz CT molecular complexity index is 429. The highest BCUT2D eigenvalue weighted by Crippen LogP contribution is 2.28. The van der Waals surface area contributed by atoms with Crippen LogP contribution in [0.2, 0.25) is 0 Å². The van der Waals surface area contributed by atoms with Crippen LogP contribution in [0, 0.1) is 0 Å². The molecule has 6 heteroatoms. The Kier molecular flexibility index (Phi) is 2.45. The van der Waals surface area contributed by atoms with Crippen molar-refractivity contribution in [2.45, 2.75) is 0 Å². The molecule has 1 aromatic heterocycles. The summed E-state index contributed by atoms with van der Waals surface area (Å²) in [5.74, 6) is 1.48. The standard InChI is InChI=1S/C8H7BrN4O/c1-14-7-3-2-5(4-6(7)9)8-10-12-13-11-8/h2-4H,1H3,(H,10,11,12,13)/p+1. The maximum atomic E-state index is 5.12. The van der Waals surface area contributed by atoms with Crippen LogP contribution in [0.5, 0.6) is 5.75 Å². The second-order valence-corrected chi connectivity index (χ2v) is 3.49. The Morgan fingerprint density at radius 1 is 1.50 bits per heavy atom. The van der Waals surface area contributed by atoms with Crippen molar-refractivity contribution in [3.8, 4) is 17.1 Å². The van der Waals surface area contributed by atoms with Gasteiger partial charge in [0.05, 0.1) is 17.1 Å². The van der Waals surface area contributed by atoms with Gasteiger partial charge in [0.15, 0.2) is 5.21 Å². The van der Waals surface area contributed by atoms with Crippen LogP contribution in [0.1, 0.15) is 0 Å². The normalized spacial score (nSPS) is 10.1. The summed E-state index contributed by atoms with van der Waals surface area (Å²) >= 11 is 3.40. The Labute approximate surface area is 88.6 Å². The average molecular weight is 256 g/mol. The van der Waals surface area contributed by atoms with Crippen molar-refractivity contribution in [1.29, 1.82) is 0 Å². The van der Waals surface area contributed by atoms with Crippen LogP contribution in [0.4, 0.5) is 0 Å². The molecular formula is C8H8BrN4O+. The number of benzene rings is 1. The molecule has 0 saturated carbocycles. The number of halogens is 1. The lowest BCUT2D eigenvalue weighted by atomic mass is 10.2. The SMILES string of the molecule is COc1ccc(-c2nn[nH][nH+]2)cc1Br. The lowest BCUT2D eigenvalue weighted by Gasteiger charge is -2.02. The molecule has 1 aromatic carbocycles. The molecule has 2 aromatic rings. The smallest absolute Gasteiger partial charge is 0.329 e. The topological polar surface area (TPSA) is 64.9 Å². The van der Waals surface area contributed by atoms with Crippen molar-refractivity contribution < 1.29 is 9.84 Å². The molecule has 0 spiro atoms. The van der Waals surface area contributed by atoms with Gasteiger partial charge in [0.2, 0.25) is 0 Å². The molecule has 0 aliphatic rings. The number of tetrazole rings is 1. The highest BCUT2D eigenvalue weighted by atomic mass is 79.9. The molecule has 0 saturated heterocycles. The molecule has 0 bridgehead atoms. The van der Waals surface area contributed by atoms with E-state index in [1.54, 1.807) is 7.11 Å². The number of methoxy groups -OCH3 is 1. The van der Waals surface area contributed by atoms with Gasteiger partial charge in [0, 0.05) is 0 Å². The molecule has 0 unspecified atom stereocenters. The summed E-state index contributed by atoms with van der Waals surface area (Å²) in [5, 5.41) is 12.8. The van der Waals surface area contributed by atoms with Gasteiger partial charge in [0.1, 0.15) is 10.8 Å². The van der Waals surface area contributed by atoms with Crippen molar-refractivity contribution in [3.05, 3.63) is 22.7 Å². The van der Waals surface area contributed by atoms with Gasteiger partial charge in [-0.05, 0) is 34.1 Å². The van der Waals surface area contributed by atoms with Crippen LogP contribution in [0.25, 0.3) is 11.4 Å². The molecule has 0 aliphatic carbocycles. The van der Waals surface area contributed by atoms with Crippen LogP contribution in [-0.2, 0) is 0 Å². The number of ether oxygens (including phenoxy) is 1. The summed E-state index contributed by atoms with van der Waals surface area (Å²) in [6.07, 6.45) is 0. The van der Waals surface area contributed by atoms with Crippen molar-refractivity contribution in [2.24, 2.45) is 0 Å². The zero-order valence-electron chi connectivity index (χ0n) is 7.41. The maximum absolute atomic E-state index is 5.12. The second-order valence-electron chi connectivity index (χ2n) is 2.63. The largest absolute Gasteiger partial charge is 0.496 e. The minimum Gasteiger partial charge on any atom is -0.496 e. The van der Waals surface area contributed by atoms with Crippen LogP contribution in [0.15, 0.2) is 22.7 Å². The van der Waals surface area contributed by atoms with E-state index >= 15 is 0 Å². The number of hydrogen-bond donors (Lipinski definition) is 1. The molecule has 0 amide bonds. The Hall–Kier alpha value is -1.43. The van der Waals surface area contributed by atoms with Gasteiger partial charge in [-0.3, -0.25) is 0 Å². The van der Waals surface area contributed by atoms with Gasteiger partial charge < -0.3 is 4.74 Å². The Morgan fingerprint density at radius 3 is 2.93 bits per heavy atom. The van der Waals surface area contributed by atoms with Crippen molar-refractivity contribution >= 4 is 15.9 Å². The molecular weight excluding hydrogens is 248 g/mol. The number of hydrogen-bond acceptors (Lipinski definition) is 3. The van der Waals surface area contributed by atoms with Gasteiger partial charge in [-0.25, -0.2) is 0 Å². The van der Waals surface area contributed by atoms with Crippen LogP contribution in [-0.4, -0.2) is 22.6 Å². The summed E-state index contributed by atoms with van der Waals surface area (Å²) in [7, 11) is 1.63. The van der Waals surface area contributed by atoms with E-state index in [2.05, 4.69) is 36.6 Å². The van der Waals surface area contributed by atoms with Gasteiger partial charge in [0.25, 0.3) is 0 Å². The highest BCUT2D eigenvalue weighted by Gasteiger charge is 2.11. The van der Waals surface area contributed by atoms with E-state index in [-0.39, 0.29) is 0 Å². The molecule has 2 rings (SSSR count). The Balaban J connectivity index is 2.43. The summed E-state index contributed by atoms with van der Waals surface area (Å²) in [4.78, 5) is 0. The first kappa shape index (κ1) is 9.14. The number of H-pyrrole nitrogens is 2. The number of rotatable bonds is 2. The van der Waals surface area contributed by atoms with E-state index in [1.165, 1.54) is 0 Å². The average Bonchev–Trinajstić information content (AvgIpc) is 2.70. The number of nitrogens with one attached hydrogen (secondary N) is 2. The lowest BCUT2D eigenvalue weighted by Crippen LogP contribution is -2.05. The molecule has 5 nitrogen and oxygen atoms in total. The van der Waals surface area contributed by atoms with E-state index < -0.39 is 0 Å². The second kappa shape index (κ2) is 3.75. The molecule has 0 aliphatic heterocycles. The highest BCUT2D eigenvalue weighted by molar-refractivity contribution is 9.10. The van der Waals surface area contributed by atoms with Gasteiger partial charge in [-0.2, -0.15) is 5.10 Å². The van der Waals surface area contributed by atoms with Crippen molar-refractivity contribution in [2.75, 3.05) is 7.11 Å². The zero-order chi connectivity index (χ0) is 9.97. The predicted molar refractivity (Wildman–Crippen MR) is 52.6 cm³/mol. The van der Waals surface area contributed by atoms with E-state index in [0.717, 1.165) is 15.8 Å². The van der Waals surface area contributed by atoms with Gasteiger partial charge >= 0.3 is 5.82 Å².